The van der Waals surface area contributed by atoms with Crippen molar-refractivity contribution in [1.29, 1.82) is 0 Å². The molecule has 0 bridgehead atoms. The number of carbonyl (C=O) groups excluding carboxylic acids is 1. The van der Waals surface area contributed by atoms with Gasteiger partial charge in [-0.1, -0.05) is 0 Å². The smallest absolute Gasteiger partial charge is 0.287 e. The van der Waals surface area contributed by atoms with E-state index >= 15 is 0 Å². The van der Waals surface area contributed by atoms with Crippen LogP contribution in [0.25, 0.3) is 0 Å². The van der Waals surface area contributed by atoms with Gasteiger partial charge < -0.3 is 20.0 Å². The molecule has 22 heavy (non-hydrogen) atoms. The molecule has 1 fully saturated rings. The third kappa shape index (κ3) is 3.55. The van der Waals surface area contributed by atoms with Crippen LogP contribution in [0.2, 0.25) is 0 Å². The molecule has 7 heteroatoms. The summed E-state index contributed by atoms with van der Waals surface area (Å²) in [7, 11) is 0. The third-order valence-corrected chi connectivity index (χ3v) is 3.54. The lowest BCUT2D eigenvalue weighted by molar-refractivity contribution is 0.0927. The molecule has 2 N–H and O–H groups in total. The zero-order chi connectivity index (χ0) is 15.2. The topological polar surface area (TPSA) is 83.3 Å². The van der Waals surface area contributed by atoms with Gasteiger partial charge in [-0.25, -0.2) is 9.97 Å². The van der Waals surface area contributed by atoms with E-state index in [0.717, 1.165) is 24.7 Å². The van der Waals surface area contributed by atoms with Gasteiger partial charge in [-0.2, -0.15) is 0 Å². The minimum absolute atomic E-state index is 0.216. The van der Waals surface area contributed by atoms with Gasteiger partial charge in [-0.15, -0.1) is 0 Å². The summed E-state index contributed by atoms with van der Waals surface area (Å²) in [6.07, 6.45) is 5.47. The van der Waals surface area contributed by atoms with Crippen LogP contribution in [0.5, 0.6) is 0 Å². The van der Waals surface area contributed by atoms with Gasteiger partial charge in [0.2, 0.25) is 0 Å². The van der Waals surface area contributed by atoms with Crippen LogP contribution in [0.3, 0.4) is 0 Å². The standard InChI is InChI=1S/C15H19N5O2/c21-15(12-4-3-9-22-12)17-6-5-16-13-10-14(19-11-18-13)20-7-1-2-8-20/h3-4,9-11H,1-2,5-8H2,(H,17,21)(H,16,18,19). The van der Waals surface area contributed by atoms with Crippen molar-refractivity contribution in [2.45, 2.75) is 12.8 Å². The average molecular weight is 301 g/mol. The molecule has 1 aliphatic heterocycles. The van der Waals surface area contributed by atoms with Crippen molar-refractivity contribution in [3.8, 4) is 0 Å². The molecule has 7 nitrogen and oxygen atoms in total. The zero-order valence-electron chi connectivity index (χ0n) is 12.3. The first kappa shape index (κ1) is 14.4. The van der Waals surface area contributed by atoms with Gasteiger partial charge >= 0.3 is 0 Å². The van der Waals surface area contributed by atoms with Gasteiger partial charge in [-0.3, -0.25) is 4.79 Å². The minimum Gasteiger partial charge on any atom is -0.459 e. The summed E-state index contributed by atoms with van der Waals surface area (Å²) < 4.78 is 5.02. The molecular weight excluding hydrogens is 282 g/mol. The first-order valence-corrected chi connectivity index (χ1v) is 7.45. The molecule has 2 aromatic heterocycles. The molecule has 0 unspecified atom stereocenters. The van der Waals surface area contributed by atoms with Gasteiger partial charge in [-0.05, 0) is 25.0 Å². The van der Waals surface area contributed by atoms with Gasteiger partial charge in [0, 0.05) is 32.2 Å². The fraction of sp³-hybridized carbons (Fsp3) is 0.400. The molecular formula is C15H19N5O2. The maximum atomic E-state index is 11.7. The second-order valence-corrected chi connectivity index (χ2v) is 5.12. The largest absolute Gasteiger partial charge is 0.459 e. The Labute approximate surface area is 128 Å². The summed E-state index contributed by atoms with van der Waals surface area (Å²) >= 11 is 0. The second-order valence-electron chi connectivity index (χ2n) is 5.12. The second kappa shape index (κ2) is 6.93. The number of rotatable bonds is 6. The Morgan fingerprint density at radius 2 is 2.14 bits per heavy atom. The number of hydrogen-bond donors (Lipinski definition) is 2. The molecule has 116 valence electrons. The average Bonchev–Trinajstić information content (AvgIpc) is 3.24. The number of nitrogens with one attached hydrogen (secondary N) is 2. The summed E-state index contributed by atoms with van der Waals surface area (Å²) in [5.41, 5.74) is 0. The van der Waals surface area contributed by atoms with Gasteiger partial charge in [0.25, 0.3) is 5.91 Å². The Morgan fingerprint density at radius 3 is 2.91 bits per heavy atom. The quantitative estimate of drug-likeness (QED) is 0.787. The molecule has 3 heterocycles. The Morgan fingerprint density at radius 1 is 1.27 bits per heavy atom. The Kier molecular flexibility index (Phi) is 4.53. The number of carbonyl (C=O) groups is 1. The van der Waals surface area contributed by atoms with Crippen LogP contribution < -0.4 is 15.5 Å². The zero-order valence-corrected chi connectivity index (χ0v) is 12.3. The highest BCUT2D eigenvalue weighted by Crippen LogP contribution is 2.18. The lowest BCUT2D eigenvalue weighted by Gasteiger charge is -2.16. The lowest BCUT2D eigenvalue weighted by Crippen LogP contribution is -2.28. The first-order chi connectivity index (χ1) is 10.8. The summed E-state index contributed by atoms with van der Waals surface area (Å²) in [6.45, 7) is 3.18. The van der Waals surface area contributed by atoms with Crippen LogP contribution in [-0.4, -0.2) is 42.1 Å². The van der Waals surface area contributed by atoms with E-state index < -0.39 is 0 Å². The highest BCUT2D eigenvalue weighted by atomic mass is 16.3. The summed E-state index contributed by atoms with van der Waals surface area (Å²) in [5, 5.41) is 5.96. The van der Waals surface area contributed by atoms with Crippen molar-refractivity contribution in [3.63, 3.8) is 0 Å². The fourth-order valence-electron chi connectivity index (χ4n) is 2.42. The fourth-order valence-corrected chi connectivity index (χ4v) is 2.42. The van der Waals surface area contributed by atoms with Crippen LogP contribution in [0.4, 0.5) is 11.6 Å². The molecule has 0 spiro atoms. The van der Waals surface area contributed by atoms with E-state index in [0.29, 0.717) is 18.8 Å². The number of nitrogens with zero attached hydrogens (tertiary/aromatic N) is 3. The van der Waals surface area contributed by atoms with Crippen molar-refractivity contribution in [3.05, 3.63) is 36.5 Å². The number of furan rings is 1. The maximum Gasteiger partial charge on any atom is 0.287 e. The highest BCUT2D eigenvalue weighted by molar-refractivity contribution is 5.91. The van der Waals surface area contributed by atoms with Gasteiger partial charge in [0.1, 0.15) is 18.0 Å². The number of anilines is 2. The molecule has 0 atom stereocenters. The van der Waals surface area contributed by atoms with E-state index in [-0.39, 0.29) is 5.91 Å². The summed E-state index contributed by atoms with van der Waals surface area (Å²) in [6, 6.07) is 5.27. The van der Waals surface area contributed by atoms with Crippen molar-refractivity contribution >= 4 is 17.5 Å². The predicted molar refractivity (Wildman–Crippen MR) is 83.0 cm³/mol. The predicted octanol–water partition coefficient (Wildman–Crippen LogP) is 1.51. The van der Waals surface area contributed by atoms with Gasteiger partial charge in [0.05, 0.1) is 6.26 Å². The molecule has 0 aliphatic carbocycles. The van der Waals surface area contributed by atoms with Crippen molar-refractivity contribution in [2.75, 3.05) is 36.4 Å². The number of aromatic nitrogens is 2. The lowest BCUT2D eigenvalue weighted by atomic mass is 10.4. The van der Waals surface area contributed by atoms with Gasteiger partial charge in [0.15, 0.2) is 5.76 Å². The molecule has 1 saturated heterocycles. The van der Waals surface area contributed by atoms with E-state index in [4.69, 9.17) is 4.42 Å². The van der Waals surface area contributed by atoms with E-state index in [1.54, 1.807) is 18.5 Å². The van der Waals surface area contributed by atoms with E-state index in [9.17, 15) is 4.79 Å². The van der Waals surface area contributed by atoms with Crippen LogP contribution in [-0.2, 0) is 0 Å². The first-order valence-electron chi connectivity index (χ1n) is 7.45. The Bertz CT molecular complexity index is 608. The SMILES string of the molecule is O=C(NCCNc1cc(N2CCCC2)ncn1)c1ccco1. The number of hydrogen-bond acceptors (Lipinski definition) is 6. The van der Waals surface area contributed by atoms with E-state index in [2.05, 4.69) is 25.5 Å². The van der Waals surface area contributed by atoms with Crippen LogP contribution >= 0.6 is 0 Å². The van der Waals surface area contributed by atoms with Crippen molar-refractivity contribution < 1.29 is 9.21 Å². The van der Waals surface area contributed by atoms with Crippen LogP contribution in [0.1, 0.15) is 23.4 Å². The third-order valence-electron chi connectivity index (χ3n) is 3.54. The molecule has 1 aliphatic rings. The van der Waals surface area contributed by atoms with Crippen molar-refractivity contribution in [2.24, 2.45) is 0 Å². The molecule has 3 rings (SSSR count). The molecule has 2 aromatic rings. The van der Waals surface area contributed by atoms with Crippen LogP contribution in [0.15, 0.2) is 35.2 Å². The maximum absolute atomic E-state index is 11.7. The van der Waals surface area contributed by atoms with E-state index in [1.165, 1.54) is 19.1 Å². The molecule has 0 aromatic carbocycles. The monoisotopic (exact) mass is 301 g/mol. The molecule has 1 amide bonds. The molecule has 0 saturated carbocycles. The normalized spacial score (nSPS) is 14.1. The number of amides is 1. The summed E-state index contributed by atoms with van der Waals surface area (Å²) in [5.74, 6) is 1.82. The van der Waals surface area contributed by atoms with Crippen molar-refractivity contribution in [1.82, 2.24) is 15.3 Å². The Hall–Kier alpha value is -2.57. The van der Waals surface area contributed by atoms with Crippen LogP contribution in [0, 0.1) is 0 Å². The highest BCUT2D eigenvalue weighted by Gasteiger charge is 2.14. The molecule has 0 radical (unpaired) electrons. The summed E-state index contributed by atoms with van der Waals surface area (Å²) in [4.78, 5) is 22.4. The van der Waals surface area contributed by atoms with E-state index in [1.807, 2.05) is 6.07 Å². The Balaban J connectivity index is 1.45. The minimum atomic E-state index is -0.216.